The summed E-state index contributed by atoms with van der Waals surface area (Å²) in [5, 5.41) is 7.72. The Morgan fingerprint density at radius 1 is 1.46 bits per heavy atom. The molecule has 0 spiro atoms. The summed E-state index contributed by atoms with van der Waals surface area (Å²) in [6.45, 7) is 3.75. The molecule has 1 aromatic carbocycles. The maximum atomic E-state index is 9.37. The van der Waals surface area contributed by atoms with Crippen molar-refractivity contribution in [3.05, 3.63) is 29.8 Å². The molecule has 2 nitrogen and oxygen atoms in total. The number of carbonyl (C=O) groups is 1. The molecule has 0 aromatic heterocycles. The van der Waals surface area contributed by atoms with E-state index >= 15 is 0 Å². The summed E-state index contributed by atoms with van der Waals surface area (Å²) >= 11 is 1.27. The first-order valence-electron chi connectivity index (χ1n) is 4.17. The van der Waals surface area contributed by atoms with E-state index in [1.165, 1.54) is 28.0 Å². The minimum atomic E-state index is -0.745. The van der Waals surface area contributed by atoms with Crippen LogP contribution in [0.5, 0.6) is 0 Å². The van der Waals surface area contributed by atoms with Gasteiger partial charge in [0.1, 0.15) is 0 Å². The van der Waals surface area contributed by atoms with E-state index < -0.39 is 5.97 Å². The standard InChI is InChI=1S/C7H7.C3H6O2.Zn/c1-7-5-3-2-4-6-7;1-2-3(4)5;/h2-5H,1H3;2H2,1H3,(H,4,5);. The zero-order valence-corrected chi connectivity index (χ0v) is 11.0. The van der Waals surface area contributed by atoms with Crippen molar-refractivity contribution in [2.45, 2.75) is 20.3 Å². The summed E-state index contributed by atoms with van der Waals surface area (Å²) in [5.74, 6) is -0.745. The van der Waals surface area contributed by atoms with Crippen LogP contribution in [0.15, 0.2) is 24.3 Å². The van der Waals surface area contributed by atoms with Crippen molar-refractivity contribution in [3.63, 3.8) is 0 Å². The number of aliphatic carboxylic acids is 1. The number of carboxylic acids is 1. The molecule has 0 aliphatic carbocycles. The quantitative estimate of drug-likeness (QED) is 0.745. The van der Waals surface area contributed by atoms with Crippen LogP contribution in [-0.4, -0.2) is 11.1 Å². The van der Waals surface area contributed by atoms with Crippen molar-refractivity contribution in [1.29, 1.82) is 0 Å². The summed E-state index contributed by atoms with van der Waals surface area (Å²) in [6.07, 6.45) is 0.222. The van der Waals surface area contributed by atoms with Gasteiger partial charge in [-0.1, -0.05) is 6.92 Å². The molecule has 67 valence electrons. The van der Waals surface area contributed by atoms with Gasteiger partial charge in [-0.2, -0.15) is 0 Å². The fraction of sp³-hybridized carbons (Fsp3) is 0.300. The van der Waals surface area contributed by atoms with Gasteiger partial charge >= 0.3 is 65.2 Å². The maximum absolute atomic E-state index is 9.37. The van der Waals surface area contributed by atoms with Crippen LogP contribution in [-0.2, 0) is 23.1 Å². The van der Waals surface area contributed by atoms with Gasteiger partial charge in [0.2, 0.25) is 0 Å². The van der Waals surface area contributed by atoms with Gasteiger partial charge in [0, 0.05) is 6.42 Å². The van der Waals surface area contributed by atoms with Crippen molar-refractivity contribution in [3.8, 4) is 0 Å². The SMILES string of the molecule is CCC(=O)O.Cc1cccc[c]1[Zn]. The Morgan fingerprint density at radius 2 is 1.92 bits per heavy atom. The number of rotatable bonds is 1. The van der Waals surface area contributed by atoms with E-state index in [0.717, 1.165) is 0 Å². The monoisotopic (exact) mass is 229 g/mol. The van der Waals surface area contributed by atoms with Gasteiger partial charge in [-0.05, 0) is 0 Å². The van der Waals surface area contributed by atoms with Crippen LogP contribution >= 0.6 is 0 Å². The average molecular weight is 231 g/mol. The van der Waals surface area contributed by atoms with Crippen LogP contribution in [0.1, 0.15) is 18.9 Å². The first kappa shape index (κ1) is 12.3. The molecule has 13 heavy (non-hydrogen) atoms. The predicted molar refractivity (Wildman–Crippen MR) is 48.7 cm³/mol. The zero-order valence-electron chi connectivity index (χ0n) is 8.08. The summed E-state index contributed by atoms with van der Waals surface area (Å²) in [5.41, 5.74) is 1.42. The van der Waals surface area contributed by atoms with Crippen molar-refractivity contribution in [1.82, 2.24) is 0 Å². The molecular formula is C10H13O2Zn. The van der Waals surface area contributed by atoms with Gasteiger partial charge < -0.3 is 5.11 Å². The molecule has 3 heteroatoms. The minimum absolute atomic E-state index is 0.222. The summed E-state index contributed by atoms with van der Waals surface area (Å²) in [6, 6.07) is 8.49. The number of hydrogen-bond acceptors (Lipinski definition) is 1. The molecule has 0 saturated heterocycles. The van der Waals surface area contributed by atoms with Crippen LogP contribution in [0.2, 0.25) is 0 Å². The van der Waals surface area contributed by atoms with Crippen molar-refractivity contribution in [2.24, 2.45) is 0 Å². The summed E-state index contributed by atoms with van der Waals surface area (Å²) < 4.78 is 1.49. The molecule has 0 amide bonds. The fourth-order valence-corrected chi connectivity index (χ4v) is 1.14. The molecule has 0 aliphatic rings. The first-order chi connectivity index (χ1) is 6.07. The van der Waals surface area contributed by atoms with E-state index in [4.69, 9.17) is 5.11 Å². The topological polar surface area (TPSA) is 37.3 Å². The molecule has 0 heterocycles. The second-order valence-corrected chi connectivity index (χ2v) is 4.27. The average Bonchev–Trinajstić information content (AvgIpc) is 2.11. The van der Waals surface area contributed by atoms with E-state index in [1.807, 2.05) is 0 Å². The molecular weight excluding hydrogens is 217 g/mol. The molecule has 0 atom stereocenters. The van der Waals surface area contributed by atoms with Gasteiger partial charge in [-0.25, -0.2) is 0 Å². The molecule has 0 unspecified atom stereocenters. The number of aryl methyl sites for hydroxylation is 1. The van der Waals surface area contributed by atoms with Crippen LogP contribution < -0.4 is 4.16 Å². The Hall–Kier alpha value is -0.687. The Labute approximate surface area is 88.7 Å². The number of carboxylic acid groups (broad SMARTS) is 1. The second kappa shape index (κ2) is 6.79. The summed E-state index contributed by atoms with van der Waals surface area (Å²) in [4.78, 5) is 9.37. The third-order valence-electron chi connectivity index (χ3n) is 1.56. The van der Waals surface area contributed by atoms with Gasteiger partial charge in [-0.15, -0.1) is 0 Å². The molecule has 0 fully saturated rings. The predicted octanol–water partition coefficient (Wildman–Crippen LogP) is 1.65. The van der Waals surface area contributed by atoms with E-state index in [2.05, 4.69) is 31.2 Å². The van der Waals surface area contributed by atoms with Gasteiger partial charge in [0.05, 0.1) is 0 Å². The van der Waals surface area contributed by atoms with Gasteiger partial charge in [0.15, 0.2) is 0 Å². The summed E-state index contributed by atoms with van der Waals surface area (Å²) in [7, 11) is 0. The van der Waals surface area contributed by atoms with Gasteiger partial charge in [-0.3, -0.25) is 4.79 Å². The molecule has 0 radical (unpaired) electrons. The molecule has 1 N–H and O–H groups in total. The van der Waals surface area contributed by atoms with Crippen LogP contribution in [0.25, 0.3) is 0 Å². The Kier molecular flexibility index (Phi) is 6.43. The van der Waals surface area contributed by atoms with Crippen LogP contribution in [0.4, 0.5) is 0 Å². The first-order valence-corrected chi connectivity index (χ1v) is 5.65. The Balaban J connectivity index is 0.000000252. The van der Waals surface area contributed by atoms with Crippen molar-refractivity contribution >= 4 is 10.1 Å². The van der Waals surface area contributed by atoms with E-state index in [9.17, 15) is 4.79 Å². The molecule has 1 aromatic rings. The van der Waals surface area contributed by atoms with E-state index in [0.29, 0.717) is 0 Å². The fourth-order valence-electron chi connectivity index (χ4n) is 0.610. The van der Waals surface area contributed by atoms with E-state index in [-0.39, 0.29) is 6.42 Å². The van der Waals surface area contributed by atoms with Crippen molar-refractivity contribution < 1.29 is 28.2 Å². The zero-order chi connectivity index (χ0) is 10.3. The molecule has 0 saturated carbocycles. The molecule has 1 rings (SSSR count). The third-order valence-corrected chi connectivity index (χ3v) is 3.23. The van der Waals surface area contributed by atoms with Crippen LogP contribution in [0, 0.1) is 6.92 Å². The Morgan fingerprint density at radius 3 is 2.15 bits per heavy atom. The number of hydrogen-bond donors (Lipinski definition) is 1. The van der Waals surface area contributed by atoms with Crippen molar-refractivity contribution in [2.75, 3.05) is 0 Å². The number of benzene rings is 1. The molecule has 0 aliphatic heterocycles. The Bertz CT molecular complexity index is 250. The van der Waals surface area contributed by atoms with Crippen LogP contribution in [0.3, 0.4) is 0 Å². The second-order valence-electron chi connectivity index (χ2n) is 2.67. The third kappa shape index (κ3) is 6.47. The van der Waals surface area contributed by atoms with E-state index in [1.54, 1.807) is 6.92 Å². The van der Waals surface area contributed by atoms with Gasteiger partial charge in [0.25, 0.3) is 0 Å². The molecule has 0 bridgehead atoms. The normalized spacial score (nSPS) is 8.62.